The highest BCUT2D eigenvalue weighted by Gasteiger charge is 2.30. The predicted octanol–water partition coefficient (Wildman–Crippen LogP) is 22.2. The zero-order valence-electron chi connectivity index (χ0n) is 62.0. The van der Waals surface area contributed by atoms with Gasteiger partial charge in [0.2, 0.25) is 0 Å². The Morgan fingerprint density at radius 1 is 0.296 bits per heavy atom. The number of ether oxygens (including phenoxy) is 4. The topological polar surface area (TPSA) is 237 Å². The van der Waals surface area contributed by atoms with Crippen LogP contribution in [0.5, 0.6) is 0 Å². The molecule has 19 heteroatoms. The summed E-state index contributed by atoms with van der Waals surface area (Å²) in [5, 5.41) is 10.6. The number of carbonyl (C=O) groups excluding carboxylic acids is 4. The van der Waals surface area contributed by atoms with E-state index in [1.165, 1.54) is 64.2 Å². The molecular weight excluding hydrogens is 1280 g/mol. The van der Waals surface area contributed by atoms with Crippen molar-refractivity contribution in [2.24, 2.45) is 0 Å². The van der Waals surface area contributed by atoms with Crippen molar-refractivity contribution in [1.29, 1.82) is 0 Å². The van der Waals surface area contributed by atoms with Crippen LogP contribution in [0.2, 0.25) is 0 Å². The summed E-state index contributed by atoms with van der Waals surface area (Å²) in [4.78, 5) is 72.9. The molecule has 0 saturated carbocycles. The summed E-state index contributed by atoms with van der Waals surface area (Å²) >= 11 is 0. The number of unbranched alkanes of at least 4 members (excludes halogenated alkanes) is 33. The molecule has 0 aliphatic heterocycles. The van der Waals surface area contributed by atoms with Crippen LogP contribution in [0, 0.1) is 0 Å². The number of carbonyl (C=O) groups is 4. The lowest BCUT2D eigenvalue weighted by Crippen LogP contribution is -2.30. The Hall–Kier alpha value is -3.76. The van der Waals surface area contributed by atoms with Crippen LogP contribution < -0.4 is 0 Å². The van der Waals surface area contributed by atoms with E-state index in [9.17, 15) is 43.2 Å². The summed E-state index contributed by atoms with van der Waals surface area (Å²) < 4.78 is 68.5. The minimum Gasteiger partial charge on any atom is -0.462 e. The number of phosphoric acid groups is 2. The van der Waals surface area contributed by atoms with E-state index in [4.69, 9.17) is 37.0 Å². The first-order chi connectivity index (χ1) is 47.7. The third kappa shape index (κ3) is 70.7. The third-order valence-corrected chi connectivity index (χ3v) is 18.2. The standard InChI is InChI=1S/C79H140O17P2/c1-5-9-13-17-21-25-29-33-35-36-38-41-44-48-52-56-60-64-77(82)90-70-75(96-79(84)66-62-58-54-50-46-42-37-34-30-26-22-18-14-10-6-2)72-94-98(87,88)92-68-73(80)67-91-97(85,86)93-71-74(95-78(83)65-61-57-53-49-45-40-32-28-24-20-16-12-8-4)69-89-76(81)63-59-55-51-47-43-39-31-27-23-19-15-11-7-3/h9,13,15,19,21,25,27-28,31-35,37,73-75,80H,5-8,10-12,14,16-18,20,22-24,26,29-30,36,38-72H2,1-4H3,(H,85,86)(H,87,88)/b13-9-,19-15-,25-21-,31-27-,32-28-,35-33-,37-34-. The molecule has 0 radical (unpaired) electrons. The summed E-state index contributed by atoms with van der Waals surface area (Å²) in [5.74, 6) is -2.20. The summed E-state index contributed by atoms with van der Waals surface area (Å²) in [6, 6.07) is 0. The van der Waals surface area contributed by atoms with E-state index in [-0.39, 0.29) is 25.7 Å². The molecule has 0 fully saturated rings. The van der Waals surface area contributed by atoms with E-state index in [1.54, 1.807) is 0 Å². The molecule has 5 unspecified atom stereocenters. The number of hydrogen-bond donors (Lipinski definition) is 3. The maximum Gasteiger partial charge on any atom is 0.472 e. The Balaban J connectivity index is 5.35. The van der Waals surface area contributed by atoms with Gasteiger partial charge >= 0.3 is 39.5 Å². The third-order valence-electron chi connectivity index (χ3n) is 16.3. The van der Waals surface area contributed by atoms with Crippen LogP contribution in [0.25, 0.3) is 0 Å². The molecule has 0 rings (SSSR count). The summed E-state index contributed by atoms with van der Waals surface area (Å²) in [5.41, 5.74) is 0. The average molecular weight is 1420 g/mol. The van der Waals surface area contributed by atoms with Crippen molar-refractivity contribution < 1.29 is 80.2 Å². The average Bonchev–Trinajstić information content (AvgIpc) is 1.05. The second kappa shape index (κ2) is 71.6. The van der Waals surface area contributed by atoms with Crippen molar-refractivity contribution in [1.82, 2.24) is 0 Å². The van der Waals surface area contributed by atoms with Gasteiger partial charge in [-0.25, -0.2) is 9.13 Å². The predicted molar refractivity (Wildman–Crippen MR) is 399 cm³/mol. The molecule has 0 aromatic rings. The molecule has 17 nitrogen and oxygen atoms in total. The number of rotatable bonds is 73. The van der Waals surface area contributed by atoms with Gasteiger partial charge in [0.25, 0.3) is 0 Å². The normalized spacial score (nSPS) is 14.4. The molecule has 98 heavy (non-hydrogen) atoms. The second-order valence-electron chi connectivity index (χ2n) is 25.9. The highest BCUT2D eigenvalue weighted by molar-refractivity contribution is 7.47. The van der Waals surface area contributed by atoms with Gasteiger partial charge < -0.3 is 33.8 Å². The van der Waals surface area contributed by atoms with E-state index in [0.29, 0.717) is 25.7 Å². The van der Waals surface area contributed by atoms with Gasteiger partial charge in [-0.3, -0.25) is 37.3 Å². The summed E-state index contributed by atoms with van der Waals surface area (Å²) in [6.45, 7) is 4.67. The van der Waals surface area contributed by atoms with Gasteiger partial charge in [0, 0.05) is 25.7 Å². The Morgan fingerprint density at radius 3 is 0.878 bits per heavy atom. The monoisotopic (exact) mass is 1420 g/mol. The van der Waals surface area contributed by atoms with Crippen LogP contribution in [0.15, 0.2) is 85.1 Å². The highest BCUT2D eigenvalue weighted by atomic mass is 31.2. The molecule has 0 bridgehead atoms. The second-order valence-corrected chi connectivity index (χ2v) is 28.8. The van der Waals surface area contributed by atoms with Crippen molar-refractivity contribution in [2.45, 2.75) is 354 Å². The zero-order valence-corrected chi connectivity index (χ0v) is 63.7. The van der Waals surface area contributed by atoms with Gasteiger partial charge in [0.05, 0.1) is 26.4 Å². The molecule has 0 aliphatic carbocycles. The Labute approximate surface area is 595 Å². The van der Waals surface area contributed by atoms with Crippen LogP contribution in [-0.4, -0.2) is 96.7 Å². The molecule has 0 spiro atoms. The number of aliphatic hydroxyl groups excluding tert-OH is 1. The molecule has 0 saturated heterocycles. The van der Waals surface area contributed by atoms with Crippen molar-refractivity contribution in [3.05, 3.63) is 85.1 Å². The first kappa shape index (κ1) is 94.2. The van der Waals surface area contributed by atoms with E-state index >= 15 is 0 Å². The molecule has 568 valence electrons. The fraction of sp³-hybridized carbons (Fsp3) is 0.772. The molecule has 0 aromatic heterocycles. The zero-order chi connectivity index (χ0) is 71.8. The van der Waals surface area contributed by atoms with Gasteiger partial charge in [-0.1, -0.05) is 260 Å². The van der Waals surface area contributed by atoms with Gasteiger partial charge in [0.15, 0.2) is 12.2 Å². The number of allylic oxidation sites excluding steroid dienone is 14. The molecule has 0 aliphatic rings. The Morgan fingerprint density at radius 2 is 0.551 bits per heavy atom. The minimum absolute atomic E-state index is 0.0833. The maximum absolute atomic E-state index is 13.1. The van der Waals surface area contributed by atoms with Crippen LogP contribution in [0.3, 0.4) is 0 Å². The lowest BCUT2D eigenvalue weighted by molar-refractivity contribution is -0.161. The van der Waals surface area contributed by atoms with Crippen LogP contribution >= 0.6 is 15.6 Å². The fourth-order valence-corrected chi connectivity index (χ4v) is 12.0. The number of aliphatic hydroxyl groups is 1. The van der Waals surface area contributed by atoms with E-state index in [1.807, 2.05) is 0 Å². The van der Waals surface area contributed by atoms with Crippen molar-refractivity contribution in [3.8, 4) is 0 Å². The lowest BCUT2D eigenvalue weighted by atomic mass is 10.1. The molecular formula is C79H140O17P2. The lowest BCUT2D eigenvalue weighted by Gasteiger charge is -2.21. The smallest absolute Gasteiger partial charge is 0.462 e. The van der Waals surface area contributed by atoms with Crippen LogP contribution in [0.4, 0.5) is 0 Å². The van der Waals surface area contributed by atoms with Gasteiger partial charge in [-0.05, 0) is 135 Å². The van der Waals surface area contributed by atoms with Crippen molar-refractivity contribution in [2.75, 3.05) is 39.6 Å². The quantitative estimate of drug-likeness (QED) is 0.0169. The first-order valence-electron chi connectivity index (χ1n) is 38.8. The summed E-state index contributed by atoms with van der Waals surface area (Å²) in [6.07, 6.45) is 72.8. The first-order valence-corrected chi connectivity index (χ1v) is 41.8. The number of hydrogen-bond acceptors (Lipinski definition) is 15. The SMILES string of the molecule is CC/C=C\C/C=C\C/C=C\CCCCCCCCCC(=O)OCC(COP(=O)(O)OCC(O)COP(=O)(O)OCC(COC(=O)CCCCCCC/C=C\C/C=C\CCC)OC(=O)CCCCCCC/C=C\CCCCCC)OC(=O)CCCCCCC/C=C\CCCCCCCC. The minimum atomic E-state index is -4.98. The number of phosphoric ester groups is 2. The molecule has 0 heterocycles. The van der Waals surface area contributed by atoms with Crippen LogP contribution in [0.1, 0.15) is 336 Å². The van der Waals surface area contributed by atoms with Crippen molar-refractivity contribution in [3.63, 3.8) is 0 Å². The number of esters is 4. The highest BCUT2D eigenvalue weighted by Crippen LogP contribution is 2.45. The largest absolute Gasteiger partial charge is 0.472 e. The molecule has 0 aromatic carbocycles. The fourth-order valence-electron chi connectivity index (χ4n) is 10.4. The summed E-state index contributed by atoms with van der Waals surface area (Å²) in [7, 11) is -9.95. The van der Waals surface area contributed by atoms with Crippen molar-refractivity contribution >= 4 is 39.5 Å². The van der Waals surface area contributed by atoms with E-state index in [2.05, 4.69) is 113 Å². The van der Waals surface area contributed by atoms with Gasteiger partial charge in [-0.15, -0.1) is 0 Å². The van der Waals surface area contributed by atoms with Gasteiger partial charge in [-0.2, -0.15) is 0 Å². The Bertz CT molecular complexity index is 2190. The van der Waals surface area contributed by atoms with Gasteiger partial charge in [0.1, 0.15) is 19.3 Å². The van der Waals surface area contributed by atoms with Crippen LogP contribution in [-0.2, 0) is 65.4 Å². The maximum atomic E-state index is 13.1. The molecule has 0 amide bonds. The molecule has 3 N–H and O–H groups in total. The van der Waals surface area contributed by atoms with E-state index in [0.717, 1.165) is 193 Å². The van der Waals surface area contributed by atoms with E-state index < -0.39 is 97.5 Å². The Kier molecular flexibility index (Phi) is 68.9. The molecule has 5 atom stereocenters.